The van der Waals surface area contributed by atoms with Gasteiger partial charge in [0.1, 0.15) is 0 Å². The second kappa shape index (κ2) is 38.6. The molecule has 0 aliphatic heterocycles. The molecule has 0 fully saturated rings. The van der Waals surface area contributed by atoms with E-state index in [1.54, 1.807) is 0 Å². The van der Waals surface area contributed by atoms with E-state index >= 15 is 0 Å². The van der Waals surface area contributed by atoms with Crippen LogP contribution in [0.25, 0.3) is 0 Å². The Bertz CT molecular complexity index is 708. The molecule has 0 amide bonds. The summed E-state index contributed by atoms with van der Waals surface area (Å²) in [6.07, 6.45) is -1.07. The van der Waals surface area contributed by atoms with Crippen LogP contribution in [0, 0.1) is 0 Å². The molecule has 0 aliphatic rings. The molecule has 0 bridgehead atoms. The summed E-state index contributed by atoms with van der Waals surface area (Å²) < 4.78 is 61.5. The minimum absolute atomic E-state index is 0. The Morgan fingerprint density at radius 3 is 0.357 bits per heavy atom. The summed E-state index contributed by atoms with van der Waals surface area (Å²) >= 11 is 0. The Morgan fingerprint density at radius 2 is 0.310 bits per heavy atom. The first-order valence-corrected chi connectivity index (χ1v) is 20.7. The van der Waals surface area contributed by atoms with E-state index in [0.29, 0.717) is 0 Å². The van der Waals surface area contributed by atoms with Crippen LogP contribution >= 0.6 is 45.6 Å². The zero-order valence-corrected chi connectivity index (χ0v) is 24.4. The number of rotatable bonds is 15. The Hall–Kier alpha value is 10.7. The van der Waals surface area contributed by atoms with Crippen LogP contribution in [0.5, 0.6) is 0 Å². The summed E-state index contributed by atoms with van der Waals surface area (Å²) in [5.41, 5.74) is 0. The van der Waals surface area contributed by atoms with Gasteiger partial charge in [0.2, 0.25) is 0 Å². The molecule has 0 aromatic rings. The van der Waals surface area contributed by atoms with Crippen molar-refractivity contribution in [2.24, 2.45) is 0 Å². The van der Waals surface area contributed by atoms with Crippen LogP contribution in [-0.4, -0.2) is 404 Å². The van der Waals surface area contributed by atoms with Gasteiger partial charge < -0.3 is 58.7 Å². The molecule has 0 aromatic heterocycles. The molecule has 0 unspecified atom stereocenters. The van der Waals surface area contributed by atoms with Crippen LogP contribution in [0.4, 0.5) is 0 Å². The van der Waals surface area contributed by atoms with E-state index in [2.05, 4.69) is 0 Å². The summed E-state index contributed by atoms with van der Waals surface area (Å²) in [7, 11) is -24.0. The van der Waals surface area contributed by atoms with Gasteiger partial charge in [-0.2, -0.15) is 0 Å². The third-order valence-electron chi connectivity index (χ3n) is 3.45. The first-order chi connectivity index (χ1) is 15.6. The maximum atomic E-state index is 10.3. The Balaban J connectivity index is -0.0000000519. The number of hydrogen-bond acceptors (Lipinski definition) is 6. The Kier molecular flexibility index (Phi) is 67.8. The molecule has 30 heteroatoms. The van der Waals surface area contributed by atoms with Crippen molar-refractivity contribution in [1.29, 1.82) is 0 Å². The van der Waals surface area contributed by atoms with E-state index in [4.69, 9.17) is 58.7 Å². The SMILES string of the molecule is O=P(O)(O)CCCCP(=O)(O)O.O=P(O)(O)CCCCP(=O)(O)O.O=P(O)(O)CCCCP(=O)(O)O.[KH].[KH].[KH].[KH].[KH].[KH]. The first-order valence-electron chi connectivity index (χ1n) is 9.89. The molecule has 0 aliphatic carbocycles. The van der Waals surface area contributed by atoms with E-state index in [-0.39, 0.29) is 384 Å². The summed E-state index contributed by atoms with van der Waals surface area (Å²) in [5.74, 6) is 0. The van der Waals surface area contributed by atoms with E-state index < -0.39 is 45.6 Å². The fourth-order valence-corrected chi connectivity index (χ4v) is 5.72. The molecular formula is C12H42K6O18P6. The van der Waals surface area contributed by atoms with Crippen LogP contribution < -0.4 is 0 Å². The van der Waals surface area contributed by atoms with Crippen LogP contribution in [0.15, 0.2) is 0 Å². The average molecular weight is 895 g/mol. The molecule has 0 rings (SSSR count). The molecule has 234 valence electrons. The summed E-state index contributed by atoms with van der Waals surface area (Å²) in [4.78, 5) is 100. The maximum absolute atomic E-state index is 10.3. The van der Waals surface area contributed by atoms with Gasteiger partial charge in [0.15, 0.2) is 0 Å². The van der Waals surface area contributed by atoms with Crippen molar-refractivity contribution in [2.45, 2.75) is 38.5 Å². The zero-order chi connectivity index (χ0) is 29.5. The van der Waals surface area contributed by atoms with E-state index in [0.717, 1.165) is 0 Å². The van der Waals surface area contributed by atoms with Gasteiger partial charge in [0.05, 0.1) is 0 Å². The topological polar surface area (TPSA) is 345 Å². The van der Waals surface area contributed by atoms with Crippen molar-refractivity contribution in [3.63, 3.8) is 0 Å². The molecule has 0 saturated heterocycles. The predicted octanol–water partition coefficient (Wildman–Crippen LogP) is -3.53. The van der Waals surface area contributed by atoms with Gasteiger partial charge in [0, 0.05) is 37.0 Å². The van der Waals surface area contributed by atoms with Crippen molar-refractivity contribution < 1.29 is 86.1 Å². The summed E-state index contributed by atoms with van der Waals surface area (Å²) in [6.45, 7) is 0. The van der Waals surface area contributed by atoms with Crippen LogP contribution in [0.3, 0.4) is 0 Å². The van der Waals surface area contributed by atoms with Crippen molar-refractivity contribution in [3.05, 3.63) is 0 Å². The molecule has 12 N–H and O–H groups in total. The Morgan fingerprint density at radius 1 is 0.238 bits per heavy atom. The van der Waals surface area contributed by atoms with E-state index in [1.165, 1.54) is 0 Å². The molecule has 18 nitrogen and oxygen atoms in total. The van der Waals surface area contributed by atoms with Gasteiger partial charge in [-0.1, -0.05) is 0 Å². The fraction of sp³-hybridized carbons (Fsp3) is 1.00. The van der Waals surface area contributed by atoms with Gasteiger partial charge in [0.25, 0.3) is 0 Å². The molecule has 0 heterocycles. The molecule has 0 radical (unpaired) electrons. The molecule has 0 saturated carbocycles. The monoisotopic (exact) mass is 894 g/mol. The van der Waals surface area contributed by atoms with Gasteiger partial charge in [-0.3, -0.25) is 27.4 Å². The summed E-state index contributed by atoms with van der Waals surface area (Å²) in [6, 6.07) is 0. The second-order valence-corrected chi connectivity index (χ2v) is 18.1. The Labute approximate surface area is 501 Å². The molecule has 42 heavy (non-hydrogen) atoms. The minimum atomic E-state index is -4.00. The van der Waals surface area contributed by atoms with Crippen molar-refractivity contribution in [1.82, 2.24) is 0 Å². The average Bonchev–Trinajstić information content (AvgIpc) is 2.56. The zero-order valence-electron chi connectivity index (χ0n) is 19.0. The van der Waals surface area contributed by atoms with E-state index in [1.807, 2.05) is 0 Å². The normalized spacial score (nSPS) is 11.4. The van der Waals surface area contributed by atoms with Gasteiger partial charge in [-0.25, -0.2) is 0 Å². The van der Waals surface area contributed by atoms with Gasteiger partial charge >= 0.3 is 354 Å². The molecule has 0 atom stereocenters. The third kappa shape index (κ3) is 88.1. The number of hydrogen-bond donors (Lipinski definition) is 12. The molecule has 0 aromatic carbocycles. The number of unbranched alkanes of at least 4 members (excludes halogenated alkanes) is 3. The standard InChI is InChI=1S/3C4H12O6P2.6K.6H/c3*5-11(6,7)3-1-2-4-12(8,9)10;;;;;;;;;;;;/h3*1-4H2,(H2,5,6,7)(H2,8,9,10);;;;;;;;;;;;. The summed E-state index contributed by atoms with van der Waals surface area (Å²) in [5, 5.41) is 0. The van der Waals surface area contributed by atoms with Crippen LogP contribution in [-0.2, 0) is 27.4 Å². The van der Waals surface area contributed by atoms with Gasteiger partial charge in [-0.15, -0.1) is 0 Å². The van der Waals surface area contributed by atoms with Crippen LogP contribution in [0.2, 0.25) is 0 Å². The molecule has 0 spiro atoms. The third-order valence-corrected chi connectivity index (χ3v) is 8.84. The second-order valence-electron chi connectivity index (χ2n) is 7.45. The first kappa shape index (κ1) is 73.8. The molecular weight excluding hydrogens is 853 g/mol. The predicted molar refractivity (Wildman–Crippen MR) is 172 cm³/mol. The quantitative estimate of drug-likeness (QED) is 0.0431. The van der Waals surface area contributed by atoms with Crippen molar-refractivity contribution in [2.75, 3.05) is 37.0 Å². The van der Waals surface area contributed by atoms with Crippen molar-refractivity contribution >= 4 is 354 Å². The van der Waals surface area contributed by atoms with Gasteiger partial charge in [-0.05, 0) is 38.5 Å². The van der Waals surface area contributed by atoms with E-state index in [9.17, 15) is 27.4 Å². The fourth-order valence-electron chi connectivity index (χ4n) is 1.91. The van der Waals surface area contributed by atoms with Crippen molar-refractivity contribution in [3.8, 4) is 0 Å². The van der Waals surface area contributed by atoms with Crippen LogP contribution in [0.1, 0.15) is 38.5 Å².